The molecule has 0 radical (unpaired) electrons. The van der Waals surface area contributed by atoms with Crippen LogP contribution in [0.5, 0.6) is 5.75 Å². The molecule has 122 valence electrons. The molecular weight excluding hydrogens is 330 g/mol. The molecule has 0 N–H and O–H groups in total. The third-order valence-corrected chi connectivity index (χ3v) is 3.40. The number of ether oxygens (including phenoxy) is 1. The van der Waals surface area contributed by atoms with Crippen molar-refractivity contribution in [2.45, 2.75) is 6.61 Å². The normalized spacial score (nSPS) is 10.9. The number of halogens is 1. The average molecular weight is 344 g/mol. The van der Waals surface area contributed by atoms with E-state index >= 15 is 0 Å². The van der Waals surface area contributed by atoms with Gasteiger partial charge in [0.15, 0.2) is 6.61 Å². The average Bonchev–Trinajstić information content (AvgIpc) is 3.09. The number of methoxy groups -OCH3 is 1. The molecule has 24 heavy (non-hydrogen) atoms. The highest BCUT2D eigenvalue weighted by Crippen LogP contribution is 2.27. The first-order valence-corrected chi connectivity index (χ1v) is 7.51. The lowest BCUT2D eigenvalue weighted by atomic mass is 10.2. The van der Waals surface area contributed by atoms with Crippen LogP contribution in [0.25, 0.3) is 11.4 Å². The Morgan fingerprint density at radius 3 is 2.75 bits per heavy atom. The highest BCUT2D eigenvalue weighted by atomic mass is 35.5. The summed E-state index contributed by atoms with van der Waals surface area (Å²) in [6, 6.07) is 14.7. The lowest BCUT2D eigenvalue weighted by Gasteiger charge is -2.02. The minimum absolute atomic E-state index is 0.0756. The fraction of sp³-hybridized carbons (Fsp3) is 0.118. The summed E-state index contributed by atoms with van der Waals surface area (Å²) in [5, 5.41) is 8.46. The monoisotopic (exact) mass is 343 g/mol. The summed E-state index contributed by atoms with van der Waals surface area (Å²) in [6.07, 6.45) is 1.58. The second-order valence-electron chi connectivity index (χ2n) is 4.77. The van der Waals surface area contributed by atoms with E-state index in [1.165, 1.54) is 0 Å². The predicted molar refractivity (Wildman–Crippen MR) is 90.1 cm³/mol. The Bertz CT molecular complexity index is 831. The molecule has 0 saturated carbocycles. The third kappa shape index (κ3) is 3.91. The largest absolute Gasteiger partial charge is 0.496 e. The first-order chi connectivity index (χ1) is 11.8. The van der Waals surface area contributed by atoms with Crippen LogP contribution >= 0.6 is 11.6 Å². The van der Waals surface area contributed by atoms with Gasteiger partial charge in [-0.1, -0.05) is 46.2 Å². The predicted octanol–water partition coefficient (Wildman–Crippen LogP) is 3.95. The third-order valence-electron chi connectivity index (χ3n) is 3.15. The van der Waals surface area contributed by atoms with Gasteiger partial charge < -0.3 is 14.1 Å². The summed E-state index contributed by atoms with van der Waals surface area (Å²) in [6.45, 7) is 0.0756. The van der Waals surface area contributed by atoms with Crippen LogP contribution in [0.2, 0.25) is 5.02 Å². The van der Waals surface area contributed by atoms with E-state index in [0.29, 0.717) is 22.5 Å². The molecule has 1 heterocycles. The van der Waals surface area contributed by atoms with Crippen molar-refractivity contribution >= 4 is 17.8 Å². The zero-order valence-corrected chi connectivity index (χ0v) is 13.6. The second-order valence-corrected chi connectivity index (χ2v) is 5.21. The van der Waals surface area contributed by atoms with E-state index in [0.717, 1.165) is 11.1 Å². The Balaban J connectivity index is 1.61. The van der Waals surface area contributed by atoms with Crippen molar-refractivity contribution in [2.75, 3.05) is 7.11 Å². The number of para-hydroxylation sites is 1. The Hall–Kier alpha value is -2.86. The molecule has 0 bridgehead atoms. The fourth-order valence-corrected chi connectivity index (χ4v) is 2.12. The minimum Gasteiger partial charge on any atom is -0.496 e. The van der Waals surface area contributed by atoms with Gasteiger partial charge in [0.2, 0.25) is 5.82 Å². The van der Waals surface area contributed by atoms with Crippen molar-refractivity contribution < 1.29 is 14.1 Å². The van der Waals surface area contributed by atoms with Crippen LogP contribution in [0.3, 0.4) is 0 Å². The quantitative estimate of drug-likeness (QED) is 0.500. The number of aromatic nitrogens is 2. The van der Waals surface area contributed by atoms with E-state index < -0.39 is 0 Å². The summed E-state index contributed by atoms with van der Waals surface area (Å²) in [7, 11) is 1.59. The van der Waals surface area contributed by atoms with Crippen LogP contribution < -0.4 is 4.74 Å². The van der Waals surface area contributed by atoms with Gasteiger partial charge >= 0.3 is 0 Å². The molecule has 0 spiro atoms. The molecule has 1 aromatic heterocycles. The van der Waals surface area contributed by atoms with E-state index in [1.807, 2.05) is 36.4 Å². The summed E-state index contributed by atoms with van der Waals surface area (Å²) < 4.78 is 10.4. The van der Waals surface area contributed by atoms with Crippen molar-refractivity contribution in [3.05, 3.63) is 65.0 Å². The maximum atomic E-state index is 5.82. The number of rotatable bonds is 6. The molecular formula is C17H14ClN3O3. The maximum Gasteiger partial charge on any atom is 0.267 e. The van der Waals surface area contributed by atoms with Crippen LogP contribution in [0, 0.1) is 0 Å². The summed E-state index contributed by atoms with van der Waals surface area (Å²) >= 11 is 5.82. The maximum absolute atomic E-state index is 5.82. The van der Waals surface area contributed by atoms with Gasteiger partial charge in [-0.05, 0) is 29.8 Å². The van der Waals surface area contributed by atoms with Crippen LogP contribution in [0.4, 0.5) is 0 Å². The summed E-state index contributed by atoms with van der Waals surface area (Å²) in [4.78, 5) is 9.44. The number of hydrogen-bond donors (Lipinski definition) is 0. The fourth-order valence-electron chi connectivity index (χ4n) is 1.99. The van der Waals surface area contributed by atoms with Gasteiger partial charge in [-0.3, -0.25) is 0 Å². The molecule has 0 amide bonds. The van der Waals surface area contributed by atoms with E-state index in [9.17, 15) is 0 Å². The van der Waals surface area contributed by atoms with Gasteiger partial charge in [0.1, 0.15) is 5.75 Å². The summed E-state index contributed by atoms with van der Waals surface area (Å²) in [5.74, 6) is 1.43. The zero-order chi connectivity index (χ0) is 16.8. The topological polar surface area (TPSA) is 69.7 Å². The van der Waals surface area contributed by atoms with Crippen molar-refractivity contribution in [2.24, 2.45) is 5.16 Å². The van der Waals surface area contributed by atoms with Crippen molar-refractivity contribution in [1.82, 2.24) is 10.1 Å². The van der Waals surface area contributed by atoms with Gasteiger partial charge in [-0.2, -0.15) is 4.98 Å². The van der Waals surface area contributed by atoms with Gasteiger partial charge in [-0.15, -0.1) is 0 Å². The Morgan fingerprint density at radius 1 is 1.17 bits per heavy atom. The number of nitrogens with zero attached hydrogens (tertiary/aromatic N) is 3. The van der Waals surface area contributed by atoms with Crippen LogP contribution in [0.1, 0.15) is 11.5 Å². The number of benzene rings is 2. The summed E-state index contributed by atoms with van der Waals surface area (Å²) in [5.41, 5.74) is 1.62. The molecule has 0 unspecified atom stereocenters. The standard InChI is InChI=1S/C17H14ClN3O3/c1-22-15-5-3-2-4-14(15)17-20-16(24-21-17)11-23-19-10-12-6-8-13(18)9-7-12/h2-10H,11H2,1H3/b19-10-. The Morgan fingerprint density at radius 2 is 1.96 bits per heavy atom. The smallest absolute Gasteiger partial charge is 0.267 e. The highest BCUT2D eigenvalue weighted by molar-refractivity contribution is 6.30. The molecule has 2 aromatic carbocycles. The molecule has 0 aliphatic rings. The van der Waals surface area contributed by atoms with E-state index in [2.05, 4.69) is 15.3 Å². The molecule has 6 nitrogen and oxygen atoms in total. The molecule has 0 saturated heterocycles. The molecule has 3 rings (SSSR count). The van der Waals surface area contributed by atoms with Crippen LogP contribution in [-0.4, -0.2) is 23.5 Å². The van der Waals surface area contributed by atoms with E-state index in [4.69, 9.17) is 25.7 Å². The van der Waals surface area contributed by atoms with E-state index in [-0.39, 0.29) is 6.61 Å². The first kappa shape index (κ1) is 16.0. The second kappa shape index (κ2) is 7.61. The SMILES string of the molecule is COc1ccccc1-c1noc(CO/N=C\c2ccc(Cl)cc2)n1. The lowest BCUT2D eigenvalue weighted by Crippen LogP contribution is -1.90. The number of oxime groups is 1. The van der Waals surface area contributed by atoms with Crippen molar-refractivity contribution in [1.29, 1.82) is 0 Å². The van der Waals surface area contributed by atoms with Gasteiger partial charge in [0.05, 0.1) is 18.9 Å². The molecule has 0 atom stereocenters. The molecule has 3 aromatic rings. The van der Waals surface area contributed by atoms with Crippen LogP contribution in [-0.2, 0) is 11.4 Å². The molecule has 7 heteroatoms. The first-order valence-electron chi connectivity index (χ1n) is 7.13. The zero-order valence-electron chi connectivity index (χ0n) is 12.8. The van der Waals surface area contributed by atoms with E-state index in [1.54, 1.807) is 25.5 Å². The van der Waals surface area contributed by atoms with Crippen molar-refractivity contribution in [3.8, 4) is 17.1 Å². The molecule has 0 fully saturated rings. The molecule has 0 aliphatic heterocycles. The minimum atomic E-state index is 0.0756. The van der Waals surface area contributed by atoms with Gasteiger partial charge in [0, 0.05) is 5.02 Å². The Labute approximate surface area is 143 Å². The number of hydrogen-bond acceptors (Lipinski definition) is 6. The van der Waals surface area contributed by atoms with Gasteiger partial charge in [0.25, 0.3) is 5.89 Å². The van der Waals surface area contributed by atoms with Gasteiger partial charge in [-0.25, -0.2) is 0 Å². The lowest BCUT2D eigenvalue weighted by molar-refractivity contribution is 0.107. The Kier molecular flexibility index (Phi) is 5.08. The van der Waals surface area contributed by atoms with Crippen molar-refractivity contribution in [3.63, 3.8) is 0 Å². The highest BCUT2D eigenvalue weighted by Gasteiger charge is 2.12. The van der Waals surface area contributed by atoms with Crippen LogP contribution in [0.15, 0.2) is 58.2 Å². The molecule has 0 aliphatic carbocycles.